The van der Waals surface area contributed by atoms with Gasteiger partial charge in [0.05, 0.1) is 19.9 Å². The van der Waals surface area contributed by atoms with Crippen LogP contribution in [-0.4, -0.2) is 25.2 Å². The fourth-order valence-electron chi connectivity index (χ4n) is 1.99. The van der Waals surface area contributed by atoms with Crippen LogP contribution in [0.5, 0.6) is 5.75 Å². The molecule has 0 radical (unpaired) electrons. The van der Waals surface area contributed by atoms with Gasteiger partial charge in [0.15, 0.2) is 0 Å². The zero-order valence-corrected chi connectivity index (χ0v) is 12.9. The average molecular weight is 337 g/mol. The molecule has 0 atom stereocenters. The van der Waals surface area contributed by atoms with Crippen LogP contribution >= 0.6 is 0 Å². The highest BCUT2D eigenvalue weighted by molar-refractivity contribution is 5.88. The van der Waals surface area contributed by atoms with Gasteiger partial charge in [-0.1, -0.05) is 18.2 Å². The summed E-state index contributed by atoms with van der Waals surface area (Å²) >= 11 is 0. The van der Waals surface area contributed by atoms with E-state index in [1.807, 2.05) is 0 Å². The molecule has 0 aliphatic carbocycles. The standard InChI is InChI=1S/C17H14F3NO3/c1-23-13-5-3-4-12(10-13)16-11(7-9-15(22)24-2)6-8-14(21-16)17(18,19)20/h3-10H,1-2H3. The highest BCUT2D eigenvalue weighted by Crippen LogP contribution is 2.32. The molecule has 1 heterocycles. The number of nitrogens with zero attached hydrogens (tertiary/aromatic N) is 1. The van der Waals surface area contributed by atoms with Crippen molar-refractivity contribution in [3.8, 4) is 17.0 Å². The highest BCUT2D eigenvalue weighted by Gasteiger charge is 2.33. The molecule has 0 spiro atoms. The first-order valence-corrected chi connectivity index (χ1v) is 6.84. The lowest BCUT2D eigenvalue weighted by Crippen LogP contribution is -2.09. The highest BCUT2D eigenvalue weighted by atomic mass is 19.4. The van der Waals surface area contributed by atoms with Gasteiger partial charge in [0.2, 0.25) is 0 Å². The summed E-state index contributed by atoms with van der Waals surface area (Å²) in [5.74, 6) is -0.138. The number of aromatic nitrogens is 1. The average Bonchev–Trinajstić information content (AvgIpc) is 2.58. The van der Waals surface area contributed by atoms with Gasteiger partial charge in [-0.2, -0.15) is 13.2 Å². The second-order valence-corrected chi connectivity index (χ2v) is 4.72. The first kappa shape index (κ1) is 17.5. The Morgan fingerprint density at radius 3 is 2.54 bits per heavy atom. The Labute approximate surface area is 136 Å². The van der Waals surface area contributed by atoms with E-state index in [1.54, 1.807) is 24.3 Å². The first-order valence-electron chi connectivity index (χ1n) is 6.84. The second kappa shape index (κ2) is 7.16. The zero-order chi connectivity index (χ0) is 17.7. The quantitative estimate of drug-likeness (QED) is 0.626. The van der Waals surface area contributed by atoms with E-state index < -0.39 is 17.8 Å². The molecule has 24 heavy (non-hydrogen) atoms. The lowest BCUT2D eigenvalue weighted by molar-refractivity contribution is -0.141. The van der Waals surface area contributed by atoms with Gasteiger partial charge in [0.25, 0.3) is 0 Å². The van der Waals surface area contributed by atoms with Gasteiger partial charge in [0, 0.05) is 17.2 Å². The summed E-state index contributed by atoms with van der Waals surface area (Å²) in [6.07, 6.45) is -2.10. The van der Waals surface area contributed by atoms with E-state index in [4.69, 9.17) is 4.74 Å². The zero-order valence-electron chi connectivity index (χ0n) is 12.9. The number of halogens is 3. The summed E-state index contributed by atoms with van der Waals surface area (Å²) in [6, 6.07) is 8.61. The van der Waals surface area contributed by atoms with Gasteiger partial charge in [0.1, 0.15) is 11.4 Å². The Morgan fingerprint density at radius 2 is 1.92 bits per heavy atom. The molecule has 4 nitrogen and oxygen atoms in total. The van der Waals surface area contributed by atoms with Crippen molar-refractivity contribution in [1.82, 2.24) is 4.98 Å². The fraction of sp³-hybridized carbons (Fsp3) is 0.176. The van der Waals surface area contributed by atoms with Crippen LogP contribution in [0.2, 0.25) is 0 Å². The molecule has 7 heteroatoms. The van der Waals surface area contributed by atoms with E-state index in [2.05, 4.69) is 9.72 Å². The van der Waals surface area contributed by atoms with Crippen LogP contribution in [0.15, 0.2) is 42.5 Å². The van der Waals surface area contributed by atoms with E-state index in [0.717, 1.165) is 12.1 Å². The number of carbonyl (C=O) groups excluding carboxylic acids is 1. The maximum Gasteiger partial charge on any atom is 0.433 e. The van der Waals surface area contributed by atoms with Crippen molar-refractivity contribution in [2.24, 2.45) is 0 Å². The molecular formula is C17H14F3NO3. The van der Waals surface area contributed by atoms with E-state index in [1.165, 1.54) is 26.4 Å². The number of alkyl halides is 3. The lowest BCUT2D eigenvalue weighted by atomic mass is 10.0. The summed E-state index contributed by atoms with van der Waals surface area (Å²) in [7, 11) is 2.66. The van der Waals surface area contributed by atoms with E-state index in [-0.39, 0.29) is 5.69 Å². The van der Waals surface area contributed by atoms with Crippen LogP contribution in [0.1, 0.15) is 11.3 Å². The van der Waals surface area contributed by atoms with Crippen molar-refractivity contribution in [1.29, 1.82) is 0 Å². The van der Waals surface area contributed by atoms with Gasteiger partial charge in [-0.3, -0.25) is 0 Å². The third-order valence-electron chi connectivity index (χ3n) is 3.16. The van der Waals surface area contributed by atoms with Crippen molar-refractivity contribution in [2.45, 2.75) is 6.18 Å². The molecule has 0 aliphatic heterocycles. The van der Waals surface area contributed by atoms with Crippen molar-refractivity contribution in [2.75, 3.05) is 14.2 Å². The van der Waals surface area contributed by atoms with Crippen molar-refractivity contribution >= 4 is 12.0 Å². The minimum Gasteiger partial charge on any atom is -0.497 e. The molecule has 2 aromatic rings. The molecule has 0 saturated heterocycles. The van der Waals surface area contributed by atoms with Crippen LogP contribution in [0, 0.1) is 0 Å². The largest absolute Gasteiger partial charge is 0.497 e. The number of hydrogen-bond acceptors (Lipinski definition) is 4. The number of carbonyl (C=O) groups is 1. The Hall–Kier alpha value is -2.83. The SMILES string of the molecule is COC(=O)C=Cc1ccc(C(F)(F)F)nc1-c1cccc(OC)c1. The number of pyridine rings is 1. The normalized spacial score (nSPS) is 11.5. The molecule has 126 valence electrons. The monoisotopic (exact) mass is 337 g/mol. The van der Waals surface area contributed by atoms with Gasteiger partial charge in [-0.25, -0.2) is 9.78 Å². The first-order chi connectivity index (χ1) is 11.3. The van der Waals surface area contributed by atoms with E-state index in [0.29, 0.717) is 16.9 Å². The van der Waals surface area contributed by atoms with Crippen molar-refractivity contribution < 1.29 is 27.4 Å². The summed E-state index contributed by atoms with van der Waals surface area (Å²) in [6.45, 7) is 0. The molecular weight excluding hydrogens is 323 g/mol. The minimum atomic E-state index is -4.57. The summed E-state index contributed by atoms with van der Waals surface area (Å²) in [4.78, 5) is 14.9. The fourth-order valence-corrected chi connectivity index (χ4v) is 1.99. The van der Waals surface area contributed by atoms with Gasteiger partial charge in [-0.05, 0) is 24.3 Å². The summed E-state index contributed by atoms with van der Waals surface area (Å²) in [5.41, 5.74) is -0.147. The van der Waals surface area contributed by atoms with Crippen LogP contribution in [0.3, 0.4) is 0 Å². The molecule has 1 aromatic carbocycles. The molecule has 0 unspecified atom stereocenters. The Bertz CT molecular complexity index is 770. The molecule has 0 aliphatic rings. The summed E-state index contributed by atoms with van der Waals surface area (Å²) < 4.78 is 48.4. The number of methoxy groups -OCH3 is 2. The van der Waals surface area contributed by atoms with Crippen LogP contribution in [-0.2, 0) is 15.7 Å². The molecule has 2 rings (SSSR count). The lowest BCUT2D eigenvalue weighted by Gasteiger charge is -2.11. The Kier molecular flexibility index (Phi) is 5.23. The minimum absolute atomic E-state index is 0.0869. The van der Waals surface area contributed by atoms with Crippen LogP contribution in [0.4, 0.5) is 13.2 Å². The van der Waals surface area contributed by atoms with Gasteiger partial charge < -0.3 is 9.47 Å². The molecule has 0 amide bonds. The third-order valence-corrected chi connectivity index (χ3v) is 3.16. The van der Waals surface area contributed by atoms with Gasteiger partial charge >= 0.3 is 12.1 Å². The molecule has 0 N–H and O–H groups in total. The van der Waals surface area contributed by atoms with Gasteiger partial charge in [-0.15, -0.1) is 0 Å². The second-order valence-electron chi connectivity index (χ2n) is 4.72. The smallest absolute Gasteiger partial charge is 0.433 e. The van der Waals surface area contributed by atoms with Crippen LogP contribution in [0.25, 0.3) is 17.3 Å². The predicted octanol–water partition coefficient (Wildman–Crippen LogP) is 3.96. The number of rotatable bonds is 4. The maximum atomic E-state index is 13.0. The maximum absolute atomic E-state index is 13.0. The van der Waals surface area contributed by atoms with E-state index in [9.17, 15) is 18.0 Å². The molecule has 0 bridgehead atoms. The summed E-state index contributed by atoms with van der Waals surface area (Å²) in [5, 5.41) is 0. The molecule has 0 saturated carbocycles. The van der Waals surface area contributed by atoms with Crippen LogP contribution < -0.4 is 4.74 Å². The number of benzene rings is 1. The number of hydrogen-bond donors (Lipinski definition) is 0. The topological polar surface area (TPSA) is 48.4 Å². The van der Waals surface area contributed by atoms with Crippen molar-refractivity contribution in [3.63, 3.8) is 0 Å². The third kappa shape index (κ3) is 4.13. The number of esters is 1. The Balaban J connectivity index is 2.58. The molecule has 1 aromatic heterocycles. The predicted molar refractivity (Wildman–Crippen MR) is 82.3 cm³/mol. The Morgan fingerprint density at radius 1 is 1.17 bits per heavy atom. The molecule has 0 fully saturated rings. The van der Waals surface area contributed by atoms with Crippen molar-refractivity contribution in [3.05, 3.63) is 53.7 Å². The number of ether oxygens (including phenoxy) is 2. The van der Waals surface area contributed by atoms with E-state index >= 15 is 0 Å².